The van der Waals surface area contributed by atoms with Crippen LogP contribution in [0, 0.1) is 0 Å². The Morgan fingerprint density at radius 2 is 2.33 bits per heavy atom. The van der Waals surface area contributed by atoms with Gasteiger partial charge in [-0.1, -0.05) is 6.92 Å². The third-order valence-corrected chi connectivity index (χ3v) is 1.46. The second-order valence-corrected chi connectivity index (χ2v) is 1.98. The molecular formula is C7H12N2. The van der Waals surface area contributed by atoms with Crippen LogP contribution in [0.1, 0.15) is 19.7 Å². The molecular weight excluding hydrogens is 112 g/mol. The largest absolute Gasteiger partial charge is 0.335 e. The summed E-state index contributed by atoms with van der Waals surface area (Å²) in [6.45, 7) is 5.28. The first kappa shape index (κ1) is 6.33. The van der Waals surface area contributed by atoms with Crippen LogP contribution in [0.3, 0.4) is 0 Å². The first-order chi connectivity index (χ1) is 4.38. The summed E-state index contributed by atoms with van der Waals surface area (Å²) in [5.41, 5.74) is 0. The summed E-state index contributed by atoms with van der Waals surface area (Å²) in [5, 5.41) is 0. The molecule has 1 aromatic heterocycles. The molecule has 0 fully saturated rings. The zero-order valence-corrected chi connectivity index (χ0v) is 5.96. The highest BCUT2D eigenvalue weighted by atomic mass is 15.0. The first-order valence-electron chi connectivity index (χ1n) is 3.38. The molecule has 0 saturated heterocycles. The van der Waals surface area contributed by atoms with Crippen LogP contribution < -0.4 is 0 Å². The molecule has 1 rings (SSSR count). The minimum atomic E-state index is 1.03. The van der Waals surface area contributed by atoms with E-state index in [9.17, 15) is 0 Å². The van der Waals surface area contributed by atoms with E-state index in [1.165, 1.54) is 5.82 Å². The highest BCUT2D eigenvalue weighted by Gasteiger charge is 1.94. The highest BCUT2D eigenvalue weighted by molar-refractivity contribution is 4.90. The highest BCUT2D eigenvalue weighted by Crippen LogP contribution is 1.96. The molecule has 0 bridgehead atoms. The zero-order chi connectivity index (χ0) is 6.69. The van der Waals surface area contributed by atoms with Gasteiger partial charge in [-0.15, -0.1) is 0 Å². The minimum Gasteiger partial charge on any atom is -0.335 e. The molecule has 2 nitrogen and oxygen atoms in total. The fourth-order valence-corrected chi connectivity index (χ4v) is 0.942. The van der Waals surface area contributed by atoms with E-state index in [-0.39, 0.29) is 0 Å². The van der Waals surface area contributed by atoms with Crippen molar-refractivity contribution in [3.05, 3.63) is 18.2 Å². The third kappa shape index (κ3) is 1.12. The van der Waals surface area contributed by atoms with E-state index in [1.807, 2.05) is 12.4 Å². The van der Waals surface area contributed by atoms with E-state index in [0.29, 0.717) is 0 Å². The number of nitrogens with zero attached hydrogens (tertiary/aromatic N) is 2. The zero-order valence-electron chi connectivity index (χ0n) is 5.96. The Balaban J connectivity index is 2.85. The minimum absolute atomic E-state index is 1.03. The van der Waals surface area contributed by atoms with Gasteiger partial charge in [-0.3, -0.25) is 0 Å². The van der Waals surface area contributed by atoms with Crippen molar-refractivity contribution in [2.45, 2.75) is 26.8 Å². The Kier molecular flexibility index (Phi) is 1.88. The van der Waals surface area contributed by atoms with Gasteiger partial charge in [-0.25, -0.2) is 4.98 Å². The molecule has 0 aromatic carbocycles. The average molecular weight is 124 g/mol. The Hall–Kier alpha value is -0.790. The summed E-state index contributed by atoms with van der Waals surface area (Å²) >= 11 is 0. The van der Waals surface area contributed by atoms with Gasteiger partial charge in [0.15, 0.2) is 0 Å². The van der Waals surface area contributed by atoms with Gasteiger partial charge in [0, 0.05) is 25.4 Å². The molecule has 0 unspecified atom stereocenters. The predicted molar refractivity (Wildman–Crippen MR) is 37.3 cm³/mol. The molecule has 50 valence electrons. The SMILES string of the molecule is CCc1nccn1CC. The quantitative estimate of drug-likeness (QED) is 0.583. The molecule has 0 spiro atoms. The topological polar surface area (TPSA) is 17.8 Å². The van der Waals surface area contributed by atoms with Crippen molar-refractivity contribution in [1.29, 1.82) is 0 Å². The molecule has 0 atom stereocenters. The lowest BCUT2D eigenvalue weighted by Crippen LogP contribution is -1.98. The molecule has 0 radical (unpaired) electrons. The lowest BCUT2D eigenvalue weighted by atomic mass is 10.4. The number of hydrogen-bond donors (Lipinski definition) is 0. The second-order valence-electron chi connectivity index (χ2n) is 1.98. The standard InChI is InChI=1S/C7H12N2/c1-3-7-8-5-6-9(7)4-2/h5-6H,3-4H2,1-2H3. The van der Waals surface area contributed by atoms with Crippen molar-refractivity contribution < 1.29 is 0 Å². The fraction of sp³-hybridized carbons (Fsp3) is 0.571. The van der Waals surface area contributed by atoms with Gasteiger partial charge in [-0.2, -0.15) is 0 Å². The Labute approximate surface area is 55.5 Å². The van der Waals surface area contributed by atoms with Crippen LogP contribution in [-0.2, 0) is 13.0 Å². The van der Waals surface area contributed by atoms with E-state index in [0.717, 1.165) is 13.0 Å². The van der Waals surface area contributed by atoms with Gasteiger partial charge >= 0.3 is 0 Å². The van der Waals surface area contributed by atoms with Crippen LogP contribution >= 0.6 is 0 Å². The molecule has 0 aliphatic carbocycles. The van der Waals surface area contributed by atoms with Crippen LogP contribution in [0.4, 0.5) is 0 Å². The van der Waals surface area contributed by atoms with Crippen molar-refractivity contribution in [2.24, 2.45) is 0 Å². The molecule has 2 heteroatoms. The molecule has 0 amide bonds. The van der Waals surface area contributed by atoms with Crippen molar-refractivity contribution in [3.8, 4) is 0 Å². The van der Waals surface area contributed by atoms with Gasteiger partial charge < -0.3 is 4.57 Å². The monoisotopic (exact) mass is 124 g/mol. The third-order valence-electron chi connectivity index (χ3n) is 1.46. The lowest BCUT2D eigenvalue weighted by Gasteiger charge is -1.98. The average Bonchev–Trinajstić information content (AvgIpc) is 2.33. The van der Waals surface area contributed by atoms with E-state index in [2.05, 4.69) is 23.4 Å². The summed E-state index contributed by atoms with van der Waals surface area (Å²) in [4.78, 5) is 4.17. The smallest absolute Gasteiger partial charge is 0.108 e. The number of hydrogen-bond acceptors (Lipinski definition) is 1. The van der Waals surface area contributed by atoms with Gasteiger partial charge in [0.1, 0.15) is 5.82 Å². The van der Waals surface area contributed by atoms with E-state index in [1.54, 1.807) is 0 Å². The van der Waals surface area contributed by atoms with Gasteiger partial charge in [0.2, 0.25) is 0 Å². The molecule has 0 N–H and O–H groups in total. The lowest BCUT2D eigenvalue weighted by molar-refractivity contribution is 0.705. The summed E-state index contributed by atoms with van der Waals surface area (Å²) in [5.74, 6) is 1.18. The van der Waals surface area contributed by atoms with Crippen molar-refractivity contribution in [3.63, 3.8) is 0 Å². The number of imidazole rings is 1. The molecule has 1 heterocycles. The first-order valence-corrected chi connectivity index (χ1v) is 3.38. The molecule has 0 aliphatic rings. The molecule has 0 aliphatic heterocycles. The summed E-state index contributed by atoms with van der Waals surface area (Å²) in [7, 11) is 0. The van der Waals surface area contributed by atoms with E-state index < -0.39 is 0 Å². The predicted octanol–water partition coefficient (Wildman–Crippen LogP) is 1.47. The maximum absolute atomic E-state index is 4.17. The second kappa shape index (κ2) is 2.67. The number of aromatic nitrogens is 2. The van der Waals surface area contributed by atoms with Crippen LogP contribution in [-0.4, -0.2) is 9.55 Å². The van der Waals surface area contributed by atoms with Crippen LogP contribution in [0.2, 0.25) is 0 Å². The molecule has 1 aromatic rings. The summed E-state index contributed by atoms with van der Waals surface area (Å²) < 4.78 is 2.15. The van der Waals surface area contributed by atoms with E-state index in [4.69, 9.17) is 0 Å². The summed E-state index contributed by atoms with van der Waals surface area (Å²) in [6.07, 6.45) is 4.89. The summed E-state index contributed by atoms with van der Waals surface area (Å²) in [6, 6.07) is 0. The Bertz CT molecular complexity index is 160. The number of rotatable bonds is 2. The van der Waals surface area contributed by atoms with Crippen LogP contribution in [0.15, 0.2) is 12.4 Å². The Morgan fingerprint density at radius 3 is 2.78 bits per heavy atom. The maximum atomic E-state index is 4.17. The van der Waals surface area contributed by atoms with E-state index >= 15 is 0 Å². The van der Waals surface area contributed by atoms with Crippen molar-refractivity contribution in [2.75, 3.05) is 0 Å². The fourth-order valence-electron chi connectivity index (χ4n) is 0.942. The van der Waals surface area contributed by atoms with Gasteiger partial charge in [-0.05, 0) is 6.92 Å². The normalized spacial score (nSPS) is 10.0. The Morgan fingerprint density at radius 1 is 1.56 bits per heavy atom. The molecule has 0 saturated carbocycles. The van der Waals surface area contributed by atoms with Gasteiger partial charge in [0.05, 0.1) is 0 Å². The maximum Gasteiger partial charge on any atom is 0.108 e. The number of aryl methyl sites for hydroxylation is 2. The van der Waals surface area contributed by atoms with Crippen molar-refractivity contribution in [1.82, 2.24) is 9.55 Å². The van der Waals surface area contributed by atoms with Crippen LogP contribution in [0.5, 0.6) is 0 Å². The van der Waals surface area contributed by atoms with Gasteiger partial charge in [0.25, 0.3) is 0 Å². The van der Waals surface area contributed by atoms with Crippen molar-refractivity contribution >= 4 is 0 Å². The molecule has 9 heavy (non-hydrogen) atoms. The van der Waals surface area contributed by atoms with Crippen LogP contribution in [0.25, 0.3) is 0 Å².